The lowest BCUT2D eigenvalue weighted by atomic mass is 10.1. The number of carbonyl (C=O) groups is 1. The Kier molecular flexibility index (Phi) is 4.74. The Morgan fingerprint density at radius 3 is 2.20 bits per heavy atom. The Bertz CT molecular complexity index is 543. The van der Waals surface area contributed by atoms with Gasteiger partial charge in [-0.2, -0.15) is 0 Å². The van der Waals surface area contributed by atoms with Crippen molar-refractivity contribution in [2.45, 2.75) is 12.7 Å². The van der Waals surface area contributed by atoms with Crippen molar-refractivity contribution in [3.8, 4) is 0 Å². The maximum absolute atomic E-state index is 11.0. The van der Waals surface area contributed by atoms with Gasteiger partial charge in [0.05, 0.1) is 0 Å². The predicted molar refractivity (Wildman–Crippen MR) is 78.3 cm³/mol. The van der Waals surface area contributed by atoms with E-state index in [1.165, 1.54) is 0 Å². The molecule has 4 heteroatoms. The normalized spacial score (nSPS) is 12.1. The number of nitrogens with one attached hydrogen (secondary N) is 1. The van der Waals surface area contributed by atoms with Crippen molar-refractivity contribution in [2.75, 3.05) is 7.05 Å². The molecule has 0 fully saturated rings. The Hall–Kier alpha value is -2.33. The molecule has 0 aliphatic carbocycles. The molecule has 4 nitrogen and oxygen atoms in total. The molecule has 0 radical (unpaired) electrons. The second-order valence-electron chi connectivity index (χ2n) is 4.66. The zero-order valence-corrected chi connectivity index (χ0v) is 11.4. The maximum atomic E-state index is 11.0. The fraction of sp³-hybridized carbons (Fsp3) is 0.188. The SMILES string of the molecule is CN(Cc1ccccc1)C(NC(=O)O)c1ccccc1. The van der Waals surface area contributed by atoms with Gasteiger partial charge in [0, 0.05) is 6.54 Å². The van der Waals surface area contributed by atoms with Gasteiger partial charge in [0.1, 0.15) is 6.17 Å². The lowest BCUT2D eigenvalue weighted by Crippen LogP contribution is -2.38. The minimum atomic E-state index is -1.03. The smallest absolute Gasteiger partial charge is 0.406 e. The van der Waals surface area contributed by atoms with Gasteiger partial charge < -0.3 is 10.4 Å². The second-order valence-corrected chi connectivity index (χ2v) is 4.66. The van der Waals surface area contributed by atoms with Gasteiger partial charge in [-0.3, -0.25) is 4.90 Å². The summed E-state index contributed by atoms with van der Waals surface area (Å²) in [6.07, 6.45) is -1.40. The molecule has 0 saturated carbocycles. The van der Waals surface area contributed by atoms with E-state index < -0.39 is 6.09 Å². The van der Waals surface area contributed by atoms with Crippen molar-refractivity contribution < 1.29 is 9.90 Å². The molecule has 1 amide bonds. The van der Waals surface area contributed by atoms with Crippen LogP contribution in [-0.4, -0.2) is 23.1 Å². The molecular weight excluding hydrogens is 252 g/mol. The van der Waals surface area contributed by atoms with E-state index in [1.807, 2.05) is 72.6 Å². The van der Waals surface area contributed by atoms with Crippen LogP contribution in [0.4, 0.5) is 4.79 Å². The molecular formula is C16H18N2O2. The first-order valence-electron chi connectivity index (χ1n) is 6.45. The van der Waals surface area contributed by atoms with Crippen LogP contribution in [0.3, 0.4) is 0 Å². The van der Waals surface area contributed by atoms with Crippen molar-refractivity contribution in [1.29, 1.82) is 0 Å². The lowest BCUT2D eigenvalue weighted by Gasteiger charge is -2.28. The summed E-state index contributed by atoms with van der Waals surface area (Å²) in [6, 6.07) is 19.5. The highest BCUT2D eigenvalue weighted by Crippen LogP contribution is 2.18. The van der Waals surface area contributed by atoms with Crippen LogP contribution in [0.2, 0.25) is 0 Å². The molecule has 2 aromatic rings. The van der Waals surface area contributed by atoms with E-state index in [4.69, 9.17) is 5.11 Å². The van der Waals surface area contributed by atoms with Crippen molar-refractivity contribution in [2.24, 2.45) is 0 Å². The monoisotopic (exact) mass is 270 g/mol. The Balaban J connectivity index is 2.16. The molecule has 0 aliphatic rings. The third kappa shape index (κ3) is 3.83. The van der Waals surface area contributed by atoms with Crippen molar-refractivity contribution in [3.05, 3.63) is 71.8 Å². The molecule has 0 bridgehead atoms. The van der Waals surface area contributed by atoms with Gasteiger partial charge in [-0.05, 0) is 18.2 Å². The number of nitrogens with zero attached hydrogens (tertiary/aromatic N) is 1. The van der Waals surface area contributed by atoms with Gasteiger partial charge in [-0.15, -0.1) is 0 Å². The molecule has 20 heavy (non-hydrogen) atoms. The Morgan fingerprint density at radius 2 is 1.65 bits per heavy atom. The van der Waals surface area contributed by atoms with Crippen LogP contribution in [-0.2, 0) is 6.54 Å². The van der Waals surface area contributed by atoms with Crippen molar-refractivity contribution >= 4 is 6.09 Å². The summed E-state index contributed by atoms with van der Waals surface area (Å²) in [5, 5.41) is 11.6. The highest BCUT2D eigenvalue weighted by Gasteiger charge is 2.18. The summed E-state index contributed by atoms with van der Waals surface area (Å²) in [5.41, 5.74) is 2.07. The van der Waals surface area contributed by atoms with E-state index in [9.17, 15) is 4.79 Å². The molecule has 0 aliphatic heterocycles. The number of rotatable bonds is 5. The van der Waals surface area contributed by atoms with Crippen LogP contribution in [0.5, 0.6) is 0 Å². The van der Waals surface area contributed by atoms with E-state index in [1.54, 1.807) is 0 Å². The minimum absolute atomic E-state index is 0.367. The minimum Gasteiger partial charge on any atom is -0.465 e. The maximum Gasteiger partial charge on any atom is 0.406 e. The second kappa shape index (κ2) is 6.73. The molecule has 1 unspecified atom stereocenters. The Labute approximate surface area is 118 Å². The average Bonchev–Trinajstić information content (AvgIpc) is 2.46. The first-order chi connectivity index (χ1) is 9.66. The van der Waals surface area contributed by atoms with Gasteiger partial charge in [0.2, 0.25) is 0 Å². The van der Waals surface area contributed by atoms with Gasteiger partial charge >= 0.3 is 6.09 Å². The van der Waals surface area contributed by atoms with Crippen LogP contribution >= 0.6 is 0 Å². The van der Waals surface area contributed by atoms with Crippen LogP contribution in [0.15, 0.2) is 60.7 Å². The van der Waals surface area contributed by atoms with E-state index in [0.29, 0.717) is 6.54 Å². The molecule has 0 saturated heterocycles. The summed E-state index contributed by atoms with van der Waals surface area (Å²) in [4.78, 5) is 13.0. The topological polar surface area (TPSA) is 52.6 Å². The zero-order chi connectivity index (χ0) is 14.4. The number of benzene rings is 2. The average molecular weight is 270 g/mol. The fourth-order valence-electron chi connectivity index (χ4n) is 2.16. The summed E-state index contributed by atoms with van der Waals surface area (Å²) in [5.74, 6) is 0. The molecule has 2 rings (SSSR count). The highest BCUT2D eigenvalue weighted by molar-refractivity contribution is 5.65. The number of amides is 1. The van der Waals surface area contributed by atoms with E-state index in [0.717, 1.165) is 11.1 Å². The number of hydrogen-bond donors (Lipinski definition) is 2. The number of carboxylic acid groups (broad SMARTS) is 1. The quantitative estimate of drug-likeness (QED) is 0.821. The first kappa shape index (κ1) is 14.1. The summed E-state index contributed by atoms with van der Waals surface area (Å²) >= 11 is 0. The third-order valence-electron chi connectivity index (χ3n) is 3.09. The summed E-state index contributed by atoms with van der Waals surface area (Å²) in [6.45, 7) is 0.667. The largest absolute Gasteiger partial charge is 0.465 e. The van der Waals surface area contributed by atoms with Crippen molar-refractivity contribution in [3.63, 3.8) is 0 Å². The van der Waals surface area contributed by atoms with E-state index in [2.05, 4.69) is 5.32 Å². The van der Waals surface area contributed by atoms with Gasteiger partial charge in [-0.25, -0.2) is 4.79 Å². The molecule has 2 aromatic carbocycles. The number of hydrogen-bond acceptors (Lipinski definition) is 2. The first-order valence-corrected chi connectivity index (χ1v) is 6.45. The molecule has 104 valence electrons. The van der Waals surface area contributed by atoms with Crippen LogP contribution in [0.25, 0.3) is 0 Å². The molecule has 1 atom stereocenters. The molecule has 0 spiro atoms. The van der Waals surface area contributed by atoms with Gasteiger partial charge in [-0.1, -0.05) is 60.7 Å². The molecule has 2 N–H and O–H groups in total. The highest BCUT2D eigenvalue weighted by atomic mass is 16.4. The van der Waals surface area contributed by atoms with Crippen LogP contribution < -0.4 is 5.32 Å². The Morgan fingerprint density at radius 1 is 1.10 bits per heavy atom. The zero-order valence-electron chi connectivity index (χ0n) is 11.4. The lowest BCUT2D eigenvalue weighted by molar-refractivity contribution is 0.155. The van der Waals surface area contributed by atoms with Crippen molar-refractivity contribution in [1.82, 2.24) is 10.2 Å². The van der Waals surface area contributed by atoms with Crippen LogP contribution in [0, 0.1) is 0 Å². The van der Waals surface area contributed by atoms with Gasteiger partial charge in [0.15, 0.2) is 0 Å². The van der Waals surface area contributed by atoms with Crippen LogP contribution in [0.1, 0.15) is 17.3 Å². The van der Waals surface area contributed by atoms with E-state index >= 15 is 0 Å². The third-order valence-corrected chi connectivity index (χ3v) is 3.09. The molecule has 0 heterocycles. The molecule has 0 aromatic heterocycles. The van der Waals surface area contributed by atoms with E-state index in [-0.39, 0.29) is 6.17 Å². The predicted octanol–water partition coefficient (Wildman–Crippen LogP) is 3.08. The summed E-state index contributed by atoms with van der Waals surface area (Å²) in [7, 11) is 1.90. The van der Waals surface area contributed by atoms with Gasteiger partial charge in [0.25, 0.3) is 0 Å². The fourth-order valence-corrected chi connectivity index (χ4v) is 2.16. The summed E-state index contributed by atoms with van der Waals surface area (Å²) < 4.78 is 0. The standard InChI is InChI=1S/C16H18N2O2/c1-18(12-13-8-4-2-5-9-13)15(17-16(19)20)14-10-6-3-7-11-14/h2-11,15,17H,12H2,1H3,(H,19,20).